The van der Waals surface area contributed by atoms with Gasteiger partial charge in [0, 0.05) is 55.4 Å². The molecule has 1 aliphatic heterocycles. The van der Waals surface area contributed by atoms with Gasteiger partial charge in [0.2, 0.25) is 0 Å². The van der Waals surface area contributed by atoms with E-state index >= 15 is 0 Å². The lowest BCUT2D eigenvalue weighted by Crippen LogP contribution is -2.49. The molecule has 1 aromatic carbocycles. The second-order valence-corrected chi connectivity index (χ2v) is 9.52. The van der Waals surface area contributed by atoms with Gasteiger partial charge < -0.3 is 25.8 Å². The first-order valence-corrected chi connectivity index (χ1v) is 12.3. The fourth-order valence-corrected chi connectivity index (χ4v) is 4.00. The Kier molecular flexibility index (Phi) is 10.0. The van der Waals surface area contributed by atoms with Crippen LogP contribution in [0.15, 0.2) is 24.4 Å². The summed E-state index contributed by atoms with van der Waals surface area (Å²) >= 11 is 12.1. The van der Waals surface area contributed by atoms with Gasteiger partial charge in [0.1, 0.15) is 5.82 Å². The van der Waals surface area contributed by atoms with Gasteiger partial charge in [-0.25, -0.2) is 14.2 Å². The van der Waals surface area contributed by atoms with Gasteiger partial charge in [-0.2, -0.15) is 0 Å². The third-order valence-electron chi connectivity index (χ3n) is 5.39. The molecule has 0 radical (unpaired) electrons. The highest BCUT2D eigenvalue weighted by Gasteiger charge is 2.18. The Labute approximate surface area is 220 Å². The van der Waals surface area contributed by atoms with Crippen LogP contribution in [0.3, 0.4) is 0 Å². The van der Waals surface area contributed by atoms with Crippen molar-refractivity contribution in [3.8, 4) is 17.6 Å². The number of carbonyl (C=O) groups is 1. The Bertz CT molecular complexity index is 1130. The summed E-state index contributed by atoms with van der Waals surface area (Å²) in [5.41, 5.74) is 6.15. The number of amides is 2. The first kappa shape index (κ1) is 27.8. The highest BCUT2D eigenvalue weighted by Crippen LogP contribution is 2.28. The van der Waals surface area contributed by atoms with Crippen LogP contribution in [0.1, 0.15) is 25.0 Å². The summed E-state index contributed by atoms with van der Waals surface area (Å²) in [7, 11) is 0. The third kappa shape index (κ3) is 8.42. The predicted molar refractivity (Wildman–Crippen MR) is 139 cm³/mol. The Balaban J connectivity index is 1.53. The maximum atomic E-state index is 13.7. The zero-order valence-electron chi connectivity index (χ0n) is 20.3. The average Bonchev–Trinajstić information content (AvgIpc) is 2.84. The van der Waals surface area contributed by atoms with Crippen molar-refractivity contribution in [2.45, 2.75) is 25.8 Å². The fraction of sp³-hybridized carbons (Fsp3) is 0.440. The van der Waals surface area contributed by atoms with E-state index in [0.29, 0.717) is 28.4 Å². The number of hydrogen-bond acceptors (Lipinski definition) is 6. The Morgan fingerprint density at radius 2 is 2.08 bits per heavy atom. The molecule has 0 atom stereocenters. The molecule has 2 aromatic rings. The van der Waals surface area contributed by atoms with Crippen LogP contribution in [0, 0.1) is 17.7 Å². The first-order valence-electron chi connectivity index (χ1n) is 11.5. The molecule has 2 amide bonds. The molecule has 3 rings (SSSR count). The van der Waals surface area contributed by atoms with Crippen LogP contribution in [0.4, 0.5) is 15.0 Å². The van der Waals surface area contributed by atoms with E-state index in [1.807, 2.05) is 0 Å². The minimum atomic E-state index is -0.795. The quantitative estimate of drug-likeness (QED) is 0.352. The van der Waals surface area contributed by atoms with Crippen molar-refractivity contribution < 1.29 is 18.7 Å². The molecule has 8 nitrogen and oxygen atoms in total. The van der Waals surface area contributed by atoms with Crippen LogP contribution in [0.5, 0.6) is 5.75 Å². The normalized spacial score (nSPS) is 14.0. The fourth-order valence-electron chi connectivity index (χ4n) is 3.44. The predicted octanol–water partition coefficient (Wildman–Crippen LogP) is 3.49. The second kappa shape index (κ2) is 13.0. The van der Waals surface area contributed by atoms with Crippen molar-refractivity contribution in [3.63, 3.8) is 0 Å². The number of carbonyl (C=O) groups excluding carboxylic acids is 1. The number of aromatic nitrogens is 1. The number of urea groups is 1. The standard InChI is InChI=1S/C25H30Cl2FN5O3/c1-25(2,32-24(34)30-8-9-33-10-13-35-14-11-33)7-5-17-15-21(23(29)31-16-17)36-12-6-18-19(26)3-4-20(28)22(18)27/h3-4,15-16H,6,8-14H2,1-2H3,(H2,29,31)(H2,30,32,34). The van der Waals surface area contributed by atoms with E-state index in [-0.39, 0.29) is 29.9 Å². The summed E-state index contributed by atoms with van der Waals surface area (Å²) < 4.78 is 24.8. The zero-order chi connectivity index (χ0) is 26.1. The van der Waals surface area contributed by atoms with E-state index in [0.717, 1.165) is 32.8 Å². The van der Waals surface area contributed by atoms with Crippen LogP contribution < -0.4 is 21.1 Å². The number of pyridine rings is 1. The van der Waals surface area contributed by atoms with E-state index in [4.69, 9.17) is 38.4 Å². The molecule has 2 heterocycles. The SMILES string of the molecule is CC(C)(C#Cc1cnc(N)c(OCCc2c(Cl)ccc(F)c2Cl)c1)NC(=O)NCCN1CCOCC1. The molecule has 1 aromatic heterocycles. The summed E-state index contributed by atoms with van der Waals surface area (Å²) in [6, 6.07) is 4.02. The lowest BCUT2D eigenvalue weighted by atomic mass is 10.1. The number of halogens is 3. The smallest absolute Gasteiger partial charge is 0.316 e. The number of nitrogen functional groups attached to an aromatic ring is 1. The van der Waals surface area contributed by atoms with Crippen LogP contribution >= 0.6 is 23.2 Å². The number of morpholine rings is 1. The van der Waals surface area contributed by atoms with Gasteiger partial charge in [0.25, 0.3) is 0 Å². The van der Waals surface area contributed by atoms with Gasteiger partial charge in [0.05, 0.1) is 30.4 Å². The minimum Gasteiger partial charge on any atom is -0.489 e. The number of anilines is 1. The van der Waals surface area contributed by atoms with Crippen molar-refractivity contribution in [3.05, 3.63) is 51.4 Å². The molecule has 194 valence electrons. The van der Waals surface area contributed by atoms with E-state index in [1.165, 1.54) is 18.3 Å². The van der Waals surface area contributed by atoms with E-state index < -0.39 is 11.4 Å². The Morgan fingerprint density at radius 3 is 2.83 bits per heavy atom. The molecule has 0 spiro atoms. The summed E-state index contributed by atoms with van der Waals surface area (Å²) in [6.07, 6.45) is 1.80. The van der Waals surface area contributed by atoms with Gasteiger partial charge in [-0.1, -0.05) is 35.0 Å². The van der Waals surface area contributed by atoms with Gasteiger partial charge in [-0.05, 0) is 31.5 Å². The van der Waals surface area contributed by atoms with Crippen molar-refractivity contribution >= 4 is 35.1 Å². The minimum absolute atomic E-state index is 0.0309. The van der Waals surface area contributed by atoms with E-state index in [9.17, 15) is 9.18 Å². The summed E-state index contributed by atoms with van der Waals surface area (Å²) in [5.74, 6) is 6.00. The average molecular weight is 538 g/mol. The lowest BCUT2D eigenvalue weighted by Gasteiger charge is -2.27. The molecular formula is C25H30Cl2FN5O3. The number of nitrogens with zero attached hydrogens (tertiary/aromatic N) is 2. The van der Waals surface area contributed by atoms with Crippen molar-refractivity contribution in [1.82, 2.24) is 20.5 Å². The molecule has 1 aliphatic rings. The maximum Gasteiger partial charge on any atom is 0.316 e. The van der Waals surface area contributed by atoms with E-state index in [2.05, 4.69) is 32.4 Å². The third-order valence-corrected chi connectivity index (χ3v) is 6.16. The van der Waals surface area contributed by atoms with Gasteiger partial charge in [-0.3, -0.25) is 4.90 Å². The van der Waals surface area contributed by atoms with Gasteiger partial charge >= 0.3 is 6.03 Å². The van der Waals surface area contributed by atoms with Crippen LogP contribution in [0.2, 0.25) is 10.0 Å². The molecule has 36 heavy (non-hydrogen) atoms. The largest absolute Gasteiger partial charge is 0.489 e. The second-order valence-electron chi connectivity index (χ2n) is 8.74. The summed E-state index contributed by atoms with van der Waals surface area (Å²) in [6.45, 7) is 8.23. The van der Waals surface area contributed by atoms with Gasteiger partial charge in [0.15, 0.2) is 11.6 Å². The number of nitrogens with two attached hydrogens (primary N) is 1. The number of rotatable bonds is 8. The van der Waals surface area contributed by atoms with Crippen molar-refractivity contribution in [2.24, 2.45) is 0 Å². The van der Waals surface area contributed by atoms with Crippen molar-refractivity contribution in [1.29, 1.82) is 0 Å². The molecule has 1 saturated heterocycles. The number of ether oxygens (including phenoxy) is 2. The zero-order valence-corrected chi connectivity index (χ0v) is 21.8. The topological polar surface area (TPSA) is 102 Å². The molecule has 0 unspecified atom stereocenters. The molecule has 0 saturated carbocycles. The monoisotopic (exact) mass is 537 g/mol. The van der Waals surface area contributed by atoms with Gasteiger partial charge in [-0.15, -0.1) is 0 Å². The maximum absolute atomic E-state index is 13.7. The summed E-state index contributed by atoms with van der Waals surface area (Å²) in [4.78, 5) is 18.7. The molecule has 1 fully saturated rings. The summed E-state index contributed by atoms with van der Waals surface area (Å²) in [5, 5.41) is 6.04. The first-order chi connectivity index (χ1) is 17.1. The van der Waals surface area contributed by atoms with Crippen LogP contribution in [-0.4, -0.2) is 67.5 Å². The van der Waals surface area contributed by atoms with E-state index in [1.54, 1.807) is 19.9 Å². The number of benzene rings is 1. The molecule has 4 N–H and O–H groups in total. The van der Waals surface area contributed by atoms with Crippen LogP contribution in [-0.2, 0) is 11.2 Å². The molecule has 0 aliphatic carbocycles. The number of hydrogen-bond donors (Lipinski definition) is 3. The number of nitrogens with one attached hydrogen (secondary N) is 2. The molecular weight excluding hydrogens is 508 g/mol. The Hall–Kier alpha value is -2.77. The van der Waals surface area contributed by atoms with Crippen molar-refractivity contribution in [2.75, 3.05) is 51.7 Å². The highest BCUT2D eigenvalue weighted by atomic mass is 35.5. The Morgan fingerprint density at radius 1 is 1.33 bits per heavy atom. The molecule has 11 heteroatoms. The lowest BCUT2D eigenvalue weighted by molar-refractivity contribution is 0.0387. The molecule has 0 bridgehead atoms. The highest BCUT2D eigenvalue weighted by molar-refractivity contribution is 6.36. The van der Waals surface area contributed by atoms with Crippen LogP contribution in [0.25, 0.3) is 0 Å².